The Morgan fingerprint density at radius 3 is 2.14 bits per heavy atom. The number of fused-ring (bicyclic) bond motifs is 1. The van der Waals surface area contributed by atoms with E-state index >= 15 is 0 Å². The molecule has 1 aromatic rings. The van der Waals surface area contributed by atoms with Crippen LogP contribution >= 0.6 is 0 Å². The first-order valence-corrected chi connectivity index (χ1v) is 14.2. The van der Waals surface area contributed by atoms with Gasteiger partial charge in [-0.25, -0.2) is 0 Å². The van der Waals surface area contributed by atoms with E-state index in [-0.39, 0.29) is 5.76 Å². The topological polar surface area (TPSA) is 54.4 Å². The van der Waals surface area contributed by atoms with Crippen molar-refractivity contribution in [3.63, 3.8) is 0 Å². The molecule has 1 aromatic carbocycles. The molecule has 0 aromatic heterocycles. The van der Waals surface area contributed by atoms with Crippen LogP contribution in [0.1, 0.15) is 80.1 Å². The van der Waals surface area contributed by atoms with Gasteiger partial charge < -0.3 is 5.11 Å². The molecule has 0 spiro atoms. The summed E-state index contributed by atoms with van der Waals surface area (Å²) in [5.74, 6) is -1.00. The van der Waals surface area contributed by atoms with Crippen LogP contribution in [0.25, 0.3) is 5.76 Å². The van der Waals surface area contributed by atoms with Gasteiger partial charge in [-0.1, -0.05) is 100 Å². The van der Waals surface area contributed by atoms with Crippen molar-refractivity contribution in [2.45, 2.75) is 88.9 Å². The molecule has 1 N–H and O–H groups in total. The molecule has 1 fully saturated rings. The molecular weight excluding hydrogens is 364 g/mol. The van der Waals surface area contributed by atoms with Gasteiger partial charge in [0.05, 0.1) is 8.07 Å². The molecule has 0 unspecified atom stereocenters. The average molecular weight is 399 g/mol. The van der Waals surface area contributed by atoms with Crippen molar-refractivity contribution >= 4 is 25.4 Å². The Morgan fingerprint density at radius 2 is 1.43 bits per heavy atom. The molecule has 0 bridgehead atoms. The van der Waals surface area contributed by atoms with E-state index in [0.29, 0.717) is 23.1 Å². The van der Waals surface area contributed by atoms with Gasteiger partial charge in [0.2, 0.25) is 11.6 Å². The molecule has 152 valence electrons. The number of Topliss-reactive ketones (excluding diaryl/α,β-unsaturated/α-hetero) is 2. The lowest BCUT2D eigenvalue weighted by molar-refractivity contribution is -0.112. The second kappa shape index (κ2) is 9.68. The van der Waals surface area contributed by atoms with Gasteiger partial charge in [-0.2, -0.15) is 0 Å². The number of benzene rings is 1. The molecule has 0 amide bonds. The smallest absolute Gasteiger partial charge is 0.234 e. The minimum Gasteiger partial charge on any atom is -0.507 e. The lowest BCUT2D eigenvalue weighted by atomic mass is 9.86. The van der Waals surface area contributed by atoms with E-state index in [1.54, 1.807) is 36.4 Å². The highest BCUT2D eigenvalue weighted by molar-refractivity contribution is 6.78. The zero-order valence-electron chi connectivity index (χ0n) is 17.3. The zero-order chi connectivity index (χ0) is 20.0. The largest absolute Gasteiger partial charge is 0.507 e. The lowest BCUT2D eigenvalue weighted by Gasteiger charge is -2.31. The van der Waals surface area contributed by atoms with Crippen LogP contribution in [0.2, 0.25) is 24.7 Å². The third kappa shape index (κ3) is 5.02. The van der Waals surface area contributed by atoms with Crippen molar-refractivity contribution in [1.82, 2.24) is 0 Å². The van der Waals surface area contributed by atoms with E-state index in [4.69, 9.17) is 0 Å². The summed E-state index contributed by atoms with van der Waals surface area (Å²) >= 11 is 0. The number of hydrogen-bond donors (Lipinski definition) is 1. The first-order valence-electron chi connectivity index (χ1n) is 11.1. The van der Waals surface area contributed by atoms with Crippen LogP contribution in [0.3, 0.4) is 0 Å². The van der Waals surface area contributed by atoms with E-state index in [2.05, 4.69) is 6.55 Å². The number of aliphatic hydroxyl groups is 1. The van der Waals surface area contributed by atoms with Crippen LogP contribution in [0.4, 0.5) is 0 Å². The monoisotopic (exact) mass is 398 g/mol. The fraction of sp³-hybridized carbons (Fsp3) is 0.583. The van der Waals surface area contributed by atoms with Gasteiger partial charge in [0.15, 0.2) is 0 Å². The zero-order valence-corrected chi connectivity index (χ0v) is 18.3. The summed E-state index contributed by atoms with van der Waals surface area (Å²) in [7, 11) is -0.889. The molecule has 1 aliphatic heterocycles. The van der Waals surface area contributed by atoms with E-state index in [1.165, 1.54) is 51.0 Å². The third-order valence-corrected chi connectivity index (χ3v) is 11.4. The van der Waals surface area contributed by atoms with Crippen molar-refractivity contribution < 1.29 is 14.7 Å². The number of unbranched alkanes of at least 4 members (excludes halogenated alkanes) is 5. The molecule has 3 rings (SSSR count). The minimum absolute atomic E-state index is 0.00545. The SMILES string of the molecule is C[Si]1(CCCCCCCCC2=C(O)c3ccccc3C(=O)C2=O)CCCCC1. The first-order chi connectivity index (χ1) is 13.5. The molecule has 0 radical (unpaired) electrons. The van der Waals surface area contributed by atoms with Crippen LogP contribution in [-0.2, 0) is 4.79 Å². The van der Waals surface area contributed by atoms with Crippen LogP contribution < -0.4 is 0 Å². The van der Waals surface area contributed by atoms with Gasteiger partial charge in [-0.15, -0.1) is 0 Å². The highest BCUT2D eigenvalue weighted by atomic mass is 28.3. The van der Waals surface area contributed by atoms with Gasteiger partial charge in [0, 0.05) is 16.7 Å². The summed E-state index contributed by atoms with van der Waals surface area (Å²) in [4.78, 5) is 24.6. The first kappa shape index (κ1) is 21.0. The maximum absolute atomic E-state index is 12.3. The fourth-order valence-corrected chi connectivity index (χ4v) is 8.93. The number of aliphatic hydroxyl groups excluding tert-OH is 1. The van der Waals surface area contributed by atoms with Gasteiger partial charge >= 0.3 is 0 Å². The van der Waals surface area contributed by atoms with Gasteiger partial charge in [-0.05, 0) is 12.8 Å². The molecule has 1 saturated heterocycles. The quantitative estimate of drug-likeness (QED) is 0.285. The Kier molecular flexibility index (Phi) is 7.28. The predicted octanol–water partition coefficient (Wildman–Crippen LogP) is 6.71. The van der Waals surface area contributed by atoms with Crippen LogP contribution in [0.5, 0.6) is 0 Å². The summed E-state index contributed by atoms with van der Waals surface area (Å²) in [6, 6.07) is 11.4. The van der Waals surface area contributed by atoms with Crippen LogP contribution in [0.15, 0.2) is 29.8 Å². The second-order valence-corrected chi connectivity index (χ2v) is 14.1. The predicted molar refractivity (Wildman–Crippen MR) is 118 cm³/mol. The van der Waals surface area contributed by atoms with Gasteiger partial charge in [-0.3, -0.25) is 9.59 Å². The fourth-order valence-electron chi connectivity index (χ4n) is 4.86. The third-order valence-electron chi connectivity index (χ3n) is 6.71. The van der Waals surface area contributed by atoms with E-state index in [1.807, 2.05) is 0 Å². The molecule has 1 aliphatic carbocycles. The summed E-state index contributed by atoms with van der Waals surface area (Å²) in [6.45, 7) is 2.60. The minimum atomic E-state index is -0.889. The number of allylic oxidation sites excluding steroid dienone is 1. The Balaban J connectivity index is 1.37. The van der Waals surface area contributed by atoms with E-state index < -0.39 is 19.6 Å². The van der Waals surface area contributed by atoms with E-state index in [9.17, 15) is 14.7 Å². The Bertz CT molecular complexity index is 744. The van der Waals surface area contributed by atoms with Gasteiger partial charge in [0.25, 0.3) is 0 Å². The van der Waals surface area contributed by atoms with Crippen molar-refractivity contribution in [2.24, 2.45) is 0 Å². The van der Waals surface area contributed by atoms with Crippen molar-refractivity contribution in [3.05, 3.63) is 41.0 Å². The van der Waals surface area contributed by atoms with Crippen molar-refractivity contribution in [2.75, 3.05) is 0 Å². The molecule has 28 heavy (non-hydrogen) atoms. The Morgan fingerprint density at radius 1 is 0.821 bits per heavy atom. The van der Waals surface area contributed by atoms with Gasteiger partial charge in [0.1, 0.15) is 5.76 Å². The van der Waals surface area contributed by atoms with Crippen LogP contribution in [-0.4, -0.2) is 24.7 Å². The average Bonchev–Trinajstić information content (AvgIpc) is 2.71. The summed E-state index contributed by atoms with van der Waals surface area (Å²) in [5.41, 5.74) is 1.13. The lowest BCUT2D eigenvalue weighted by Crippen LogP contribution is -2.31. The molecular formula is C24H34O3Si. The molecule has 0 saturated carbocycles. The number of carbonyl (C=O) groups excluding carboxylic acids is 2. The number of rotatable bonds is 9. The summed E-state index contributed by atoms with van der Waals surface area (Å²) in [6.07, 6.45) is 11.9. The highest BCUT2D eigenvalue weighted by Crippen LogP contribution is 2.33. The molecule has 3 nitrogen and oxygen atoms in total. The highest BCUT2D eigenvalue weighted by Gasteiger charge is 2.32. The van der Waals surface area contributed by atoms with Crippen molar-refractivity contribution in [3.8, 4) is 0 Å². The maximum Gasteiger partial charge on any atom is 0.234 e. The molecule has 2 aliphatic rings. The number of ketones is 2. The standard InChI is InChI=1S/C24H34O3Si/c1-28(17-11-6-12-18-28)16-10-5-3-2-4-7-15-21-22(25)19-13-8-9-14-20(19)23(26)24(21)27/h8-9,13-14,25H,2-7,10-12,15-18H2,1H3. The van der Waals surface area contributed by atoms with Crippen molar-refractivity contribution in [1.29, 1.82) is 0 Å². The summed E-state index contributed by atoms with van der Waals surface area (Å²) < 4.78 is 0. The Hall–Kier alpha value is -1.68. The number of carbonyl (C=O) groups is 2. The van der Waals surface area contributed by atoms with E-state index in [0.717, 1.165) is 12.8 Å². The number of hydrogen-bond acceptors (Lipinski definition) is 3. The normalized spacial score (nSPS) is 19.0. The molecule has 1 heterocycles. The molecule has 4 heteroatoms. The summed E-state index contributed by atoms with van der Waals surface area (Å²) in [5, 5.41) is 10.4. The Labute approximate surface area is 170 Å². The molecule has 0 atom stereocenters. The maximum atomic E-state index is 12.3. The van der Waals surface area contributed by atoms with Crippen LogP contribution in [0, 0.1) is 0 Å². The second-order valence-electron chi connectivity index (χ2n) is 9.02.